The first-order chi connectivity index (χ1) is 57.9. The maximum Gasteiger partial charge on any atom is 0.187 e. The Morgan fingerprint density at radius 2 is 0.287 bits per heavy atom. The van der Waals surface area contributed by atoms with Crippen molar-refractivity contribution in [1.82, 2.24) is 0 Å². The summed E-state index contributed by atoms with van der Waals surface area (Å²) in [5, 5.41) is 386. The summed E-state index contributed by atoms with van der Waals surface area (Å²) in [7, 11) is 0. The highest BCUT2D eigenvalue weighted by atomic mass is 16.8. The fourth-order valence-electron chi connectivity index (χ4n) is 15.8. The quantitative estimate of drug-likeness (QED) is 0.0306. The van der Waals surface area contributed by atoms with Gasteiger partial charge in [-0.05, 0) is 0 Å². The van der Waals surface area contributed by atoms with Gasteiger partial charge in [-0.25, -0.2) is 0 Å². The van der Waals surface area contributed by atoms with E-state index in [2.05, 4.69) is 0 Å². The summed E-state index contributed by atoms with van der Waals surface area (Å²) in [5.41, 5.74) is 0. The minimum atomic E-state index is -2.66. The number of rotatable bonds is 31. The summed E-state index contributed by atoms with van der Waals surface area (Å²) in [5.74, 6) is 0. The van der Waals surface area contributed by atoms with Crippen LogP contribution in [0.5, 0.6) is 0 Å². The summed E-state index contributed by atoms with van der Waals surface area (Å²) in [4.78, 5) is 0. The second-order valence-electron chi connectivity index (χ2n) is 30.8. The molecule has 0 amide bonds. The number of aliphatic hydroxyl groups excluding tert-OH is 35. The van der Waals surface area contributed by atoms with E-state index >= 15 is 0 Å². The zero-order valence-electron chi connectivity index (χ0n) is 63.8. The van der Waals surface area contributed by atoms with Crippen molar-refractivity contribution in [2.24, 2.45) is 0 Å². The molecule has 11 aliphatic heterocycles. The highest BCUT2D eigenvalue weighted by molar-refractivity contribution is 5.04. The third-order valence-corrected chi connectivity index (χ3v) is 23.0. The maximum absolute atomic E-state index is 12.4. The first-order valence-electron chi connectivity index (χ1n) is 38.7. The Kier molecular flexibility index (Phi) is 35.7. The summed E-state index contributed by atoms with van der Waals surface area (Å²) in [6, 6.07) is 0. The number of hydrogen-bond acceptors (Lipinski definition) is 56. The third-order valence-electron chi connectivity index (χ3n) is 23.0. The van der Waals surface area contributed by atoms with Gasteiger partial charge in [0.25, 0.3) is 0 Å². The lowest BCUT2D eigenvalue weighted by Gasteiger charge is -2.50. The molecule has 11 fully saturated rings. The van der Waals surface area contributed by atoms with E-state index in [4.69, 9.17) is 99.5 Å². The van der Waals surface area contributed by atoms with Crippen LogP contribution < -0.4 is 0 Å². The molecule has 0 bridgehead atoms. The zero-order valence-corrected chi connectivity index (χ0v) is 63.8. The molecule has 11 rings (SSSR count). The third kappa shape index (κ3) is 20.7. The molecule has 0 aliphatic carbocycles. The monoisotopic (exact) mass is 1800 g/mol. The van der Waals surface area contributed by atoms with Gasteiger partial charge in [0, 0.05) is 0 Å². The average molecular weight is 1800 g/mol. The van der Waals surface area contributed by atoms with Crippen LogP contribution in [0.15, 0.2) is 0 Å². The van der Waals surface area contributed by atoms with E-state index in [9.17, 15) is 179 Å². The van der Waals surface area contributed by atoms with E-state index in [0.717, 1.165) is 0 Å². The van der Waals surface area contributed by atoms with Crippen LogP contribution in [0.4, 0.5) is 0 Å². The molecule has 0 aromatic heterocycles. The van der Waals surface area contributed by atoms with Gasteiger partial charge in [0.05, 0.1) is 72.7 Å². The Bertz CT molecular complexity index is 3120. The smallest absolute Gasteiger partial charge is 0.187 e. The van der Waals surface area contributed by atoms with Crippen LogP contribution in [0.25, 0.3) is 0 Å². The van der Waals surface area contributed by atoms with E-state index in [1.165, 1.54) is 0 Å². The maximum atomic E-state index is 12.4. The molecule has 0 saturated carbocycles. The van der Waals surface area contributed by atoms with Gasteiger partial charge in [0.2, 0.25) is 0 Å². The van der Waals surface area contributed by atoms with Crippen molar-refractivity contribution >= 4 is 0 Å². The Morgan fingerprint density at radius 1 is 0.139 bits per heavy atom. The van der Waals surface area contributed by atoms with Gasteiger partial charge in [0.1, 0.15) is 269 Å². The molecular weight excluding hydrogens is 1690 g/mol. The number of ether oxygens (including phenoxy) is 21. The van der Waals surface area contributed by atoms with Crippen LogP contribution in [-0.4, -0.2) is 589 Å². The minimum absolute atomic E-state index is 0.947. The summed E-state index contributed by atoms with van der Waals surface area (Å²) in [6.07, 6.45) is -120. The number of hydrogen-bond donors (Lipinski definition) is 35. The van der Waals surface area contributed by atoms with Crippen molar-refractivity contribution < 1.29 is 278 Å². The molecule has 0 unspecified atom stereocenters. The Balaban J connectivity index is 0.850. The van der Waals surface area contributed by atoms with Crippen molar-refractivity contribution in [3.63, 3.8) is 0 Å². The van der Waals surface area contributed by atoms with E-state index < -0.39 is 410 Å². The molecule has 712 valence electrons. The predicted octanol–water partition coefficient (Wildman–Crippen LogP) is -25.0. The van der Waals surface area contributed by atoms with Crippen molar-refractivity contribution in [1.29, 1.82) is 0 Å². The lowest BCUT2D eigenvalue weighted by Crippen LogP contribution is -2.69. The molecular formula is C66H112O56. The van der Waals surface area contributed by atoms with Gasteiger partial charge in [0.15, 0.2) is 69.2 Å². The largest absolute Gasteiger partial charge is 0.394 e. The van der Waals surface area contributed by atoms with Crippen molar-refractivity contribution in [2.45, 2.75) is 338 Å². The molecule has 0 spiro atoms. The molecule has 56 heteroatoms. The zero-order chi connectivity index (χ0) is 89.4. The van der Waals surface area contributed by atoms with Gasteiger partial charge in [-0.15, -0.1) is 0 Å². The molecule has 0 aromatic carbocycles. The molecule has 0 aromatic rings. The first-order valence-corrected chi connectivity index (χ1v) is 38.7. The molecule has 11 aliphatic rings. The highest BCUT2D eigenvalue weighted by Crippen LogP contribution is 2.42. The van der Waals surface area contributed by atoms with Crippen molar-refractivity contribution in [3.8, 4) is 0 Å². The Labute approximate surface area is 687 Å². The second kappa shape index (κ2) is 43.4. The number of aliphatic hydroxyl groups is 35. The summed E-state index contributed by atoms with van der Waals surface area (Å²) >= 11 is 0. The lowest BCUT2D eigenvalue weighted by atomic mass is 9.94. The van der Waals surface area contributed by atoms with Gasteiger partial charge in [-0.2, -0.15) is 0 Å². The normalized spacial score (nSPS) is 53.8. The standard InChI is InChI=1S/C66H112O56/c67-1-12-23(77)34(88)36(90)58(105-12)115-48-26(80)15(4-70)104-57(39(48)93)102-11-22-33(87)55(122-65-44(98)53(31(85)20(9-75)112-65)120-63-42(96)51(29(83)18(7-73)110-63)118-61-40(94)49(27(81)16(5-71)108-61)116-59-37(91)35(89)24(78)13(2-68)106-59)46(100)66(113-22)121-54-32(86)21(10-76)111-64(45(54)99)119-52-30(84)19(8-74)109-62(43(52)97)117-50-28(82)17(6-72)107-60(41(50)95)114-47-25(79)14(3-69)103-56(101)38(47)92/h12-101H,1-11H2/t12-,13-,14-,15-,16-,17-,18-,19-,20-,21-,22-,23-,24-,25-,26-,27-,28-,29-,30-,31-,32-,33-,34+,35+,36-,37-,38-,39-,40-,41-,42-,43-,44-,45-,46-,47+,48+,49+,50+,51+,52+,53+,54+,55+,56-,57-,58+,59+,60+,61+,62+,63+,64+,65+,66+/m1/s1. The van der Waals surface area contributed by atoms with E-state index in [1.54, 1.807) is 0 Å². The van der Waals surface area contributed by atoms with E-state index in [0.29, 0.717) is 0 Å². The van der Waals surface area contributed by atoms with Crippen LogP contribution in [0.3, 0.4) is 0 Å². The molecule has 55 atom stereocenters. The predicted molar refractivity (Wildman–Crippen MR) is 362 cm³/mol. The van der Waals surface area contributed by atoms with Crippen LogP contribution in [-0.2, 0) is 99.5 Å². The average Bonchev–Trinajstić information content (AvgIpc) is 0.782. The van der Waals surface area contributed by atoms with Gasteiger partial charge < -0.3 is 278 Å². The topological polar surface area (TPSA) is 902 Å². The molecule has 11 saturated heterocycles. The van der Waals surface area contributed by atoms with Crippen LogP contribution in [0.2, 0.25) is 0 Å². The summed E-state index contributed by atoms with van der Waals surface area (Å²) in [6.45, 7) is -12.4. The van der Waals surface area contributed by atoms with E-state index in [1.807, 2.05) is 0 Å². The first kappa shape index (κ1) is 100. The molecule has 0 radical (unpaired) electrons. The molecule has 122 heavy (non-hydrogen) atoms. The molecule has 56 nitrogen and oxygen atoms in total. The molecule has 11 heterocycles. The van der Waals surface area contributed by atoms with Crippen LogP contribution in [0.1, 0.15) is 0 Å². The highest BCUT2D eigenvalue weighted by Gasteiger charge is 2.62. The fraction of sp³-hybridized carbons (Fsp3) is 1.00. The second-order valence-corrected chi connectivity index (χ2v) is 30.8. The van der Waals surface area contributed by atoms with Crippen molar-refractivity contribution in [2.75, 3.05) is 72.7 Å². The Hall–Kier alpha value is -2.24. The van der Waals surface area contributed by atoms with Gasteiger partial charge in [-0.1, -0.05) is 0 Å². The molecule has 35 N–H and O–H groups in total. The fourth-order valence-corrected chi connectivity index (χ4v) is 15.8. The minimum Gasteiger partial charge on any atom is -0.394 e. The lowest BCUT2D eigenvalue weighted by molar-refractivity contribution is -0.404. The van der Waals surface area contributed by atoms with Crippen LogP contribution >= 0.6 is 0 Å². The van der Waals surface area contributed by atoms with E-state index in [-0.39, 0.29) is 0 Å². The van der Waals surface area contributed by atoms with Gasteiger partial charge >= 0.3 is 0 Å². The van der Waals surface area contributed by atoms with Crippen molar-refractivity contribution in [3.05, 3.63) is 0 Å². The SMILES string of the molecule is OC[C@H]1O[C@@H](O[C@@H]2[C@@H](O)[C@H](OC[C@H]3O[C@@H](O[C@@H]4[C@@H](O)[C@H](O[C@@H]5[C@@H](O)[C@H](O[C@@H]6[C@@H](O)[C@H](O[C@@H]7[C@@H](O)[C@H](O)O[C@H](CO)[C@H]7O)O[C@H](CO)[C@H]6O)O[C@H](CO)[C@H]5O)O[C@H](CO)[C@H]4O)[C@H](O)[C@@H](O[C@@H]4O[C@H](CO)[C@@H](O)[C@H](O[C@@H]5O[C@H](CO)[C@@H](O)[C@H](O[C@@H]6O[C@H](CO)[C@@H](O)[C@H](O[C@@H]7O[C@H](CO)[C@@H](O)[C@H](O)[C@H]7O)[C@H]6O)[C@H]5O)[C@H]4O)[C@@H]3O)O[C@H](CO)[C@H]2O)[C@H](O)[C@@H](O)[C@@H]1O. The van der Waals surface area contributed by atoms with Gasteiger partial charge in [-0.3, -0.25) is 0 Å². The Morgan fingerprint density at radius 3 is 0.492 bits per heavy atom. The summed E-state index contributed by atoms with van der Waals surface area (Å²) < 4.78 is 119. The van der Waals surface area contributed by atoms with Crippen LogP contribution in [0, 0.1) is 0 Å².